The molecular weight excluding hydrogens is 667 g/mol. The van der Waals surface area contributed by atoms with Gasteiger partial charge in [-0.2, -0.15) is 0 Å². The number of hydrogen-bond acceptors (Lipinski definition) is 6. The maximum Gasteiger partial charge on any atom is 0.305 e. The third-order valence-electron chi connectivity index (χ3n) is 9.12. The number of ether oxygens (including phenoxy) is 3. The van der Waals surface area contributed by atoms with E-state index in [1.807, 2.05) is 30.3 Å². The maximum absolute atomic E-state index is 14.2. The van der Waals surface area contributed by atoms with E-state index in [1.165, 1.54) is 13.2 Å². The number of unbranched alkanes of at least 4 members (excludes halogenated alkanes) is 1. The number of carbonyl (C=O) groups is 1. The first kappa shape index (κ1) is 38.1. The summed E-state index contributed by atoms with van der Waals surface area (Å²) in [6.07, 6.45) is 11.3. The molecule has 1 fully saturated rings. The van der Waals surface area contributed by atoms with Gasteiger partial charge in [0.1, 0.15) is 12.2 Å². The van der Waals surface area contributed by atoms with Crippen molar-refractivity contribution < 1.29 is 32.9 Å². The number of esters is 1. The van der Waals surface area contributed by atoms with Gasteiger partial charge in [0.05, 0.1) is 25.9 Å². The van der Waals surface area contributed by atoms with Crippen LogP contribution in [0.5, 0.6) is 5.75 Å². The van der Waals surface area contributed by atoms with Crippen molar-refractivity contribution in [1.82, 2.24) is 0 Å². The Morgan fingerprint density at radius 1 is 1.07 bits per heavy atom. The number of benzene rings is 2. The molecule has 0 aliphatic heterocycles. The summed E-state index contributed by atoms with van der Waals surface area (Å²) in [4.78, 5) is 11.5. The summed E-state index contributed by atoms with van der Waals surface area (Å²) in [5.74, 6) is -0.535. The number of methoxy groups -OCH3 is 1. The van der Waals surface area contributed by atoms with E-state index >= 15 is 0 Å². The van der Waals surface area contributed by atoms with Crippen molar-refractivity contribution in [3.63, 3.8) is 0 Å². The molecule has 9 heteroatoms. The molecule has 1 aliphatic rings. The molecule has 1 aliphatic carbocycles. The van der Waals surface area contributed by atoms with Crippen LogP contribution < -0.4 is 4.74 Å². The highest BCUT2D eigenvalue weighted by molar-refractivity contribution is 9.10. The summed E-state index contributed by atoms with van der Waals surface area (Å²) in [5.41, 5.74) is -0.284. The summed E-state index contributed by atoms with van der Waals surface area (Å²) < 4.78 is 39.3. The van der Waals surface area contributed by atoms with Crippen LogP contribution in [0.25, 0.3) is 0 Å². The monoisotopic (exact) mass is 718 g/mol. The number of aliphatic hydroxyl groups is 1. The van der Waals surface area contributed by atoms with Crippen LogP contribution in [0.15, 0.2) is 77.3 Å². The van der Waals surface area contributed by atoms with E-state index in [0.29, 0.717) is 13.0 Å². The first-order valence-corrected chi connectivity index (χ1v) is 19.9. The van der Waals surface area contributed by atoms with Crippen LogP contribution in [0.3, 0.4) is 0 Å². The summed E-state index contributed by atoms with van der Waals surface area (Å²) in [6, 6.07) is 14.2. The van der Waals surface area contributed by atoms with Crippen molar-refractivity contribution >= 4 is 30.2 Å². The van der Waals surface area contributed by atoms with Gasteiger partial charge in [-0.25, -0.2) is 4.39 Å². The number of para-hydroxylation sites is 1. The number of hydrogen-bond donors (Lipinski definition) is 1. The number of halogens is 2. The van der Waals surface area contributed by atoms with Crippen LogP contribution in [0, 0.1) is 17.7 Å². The SMILES string of the molecule is COC(=O)CCCC=CC[C@@H]1[C@@H](C=CC(C)(O)COc2ccccc2F)[C@H](OCc2ccccc2Br)C[C@@H]1O[Si](C)(C)C(C)(C)C. The fourth-order valence-electron chi connectivity index (χ4n) is 5.33. The average Bonchev–Trinajstić information content (AvgIpc) is 3.31. The predicted octanol–water partition coefficient (Wildman–Crippen LogP) is 9.18. The minimum absolute atomic E-state index is 0.0359. The zero-order valence-electron chi connectivity index (χ0n) is 28.4. The van der Waals surface area contributed by atoms with Gasteiger partial charge >= 0.3 is 5.97 Å². The highest BCUT2D eigenvalue weighted by Gasteiger charge is 2.48. The van der Waals surface area contributed by atoms with Crippen molar-refractivity contribution in [3.8, 4) is 5.75 Å². The van der Waals surface area contributed by atoms with Crippen LogP contribution >= 0.6 is 15.9 Å². The van der Waals surface area contributed by atoms with Gasteiger partial charge in [-0.3, -0.25) is 4.79 Å². The van der Waals surface area contributed by atoms with E-state index in [9.17, 15) is 14.3 Å². The molecule has 1 N–H and O–H groups in total. The van der Waals surface area contributed by atoms with E-state index in [1.54, 1.807) is 31.2 Å². The molecule has 254 valence electrons. The first-order valence-electron chi connectivity index (χ1n) is 16.2. The summed E-state index contributed by atoms with van der Waals surface area (Å²) >= 11 is 3.65. The molecular formula is C37H52BrFO6Si. The molecule has 0 spiro atoms. The molecule has 2 aromatic rings. The van der Waals surface area contributed by atoms with E-state index < -0.39 is 19.7 Å². The standard InChI is InChI=1S/C37H52BrFO6Si/c1-36(2,3)46(6,7)45-34-24-33(43-25-27-16-12-13-18-30(27)38)29(28(34)17-10-8-9-11-21-35(40)42-5)22-23-37(4,41)26-44-32-20-15-14-19-31(32)39/h8,10,12-16,18-20,22-23,28-29,33-34,41H,9,11,17,21,24-26H2,1-7H3/t28-,29-,33-,34+,37?/m1/s1. The maximum atomic E-state index is 14.2. The van der Waals surface area contributed by atoms with Gasteiger partial charge < -0.3 is 23.7 Å². The third-order valence-corrected chi connectivity index (χ3v) is 14.4. The van der Waals surface area contributed by atoms with Gasteiger partial charge in [-0.1, -0.05) is 91.3 Å². The van der Waals surface area contributed by atoms with E-state index in [0.717, 1.165) is 35.7 Å². The van der Waals surface area contributed by atoms with Crippen LogP contribution in [-0.4, -0.2) is 50.9 Å². The van der Waals surface area contributed by atoms with Crippen molar-refractivity contribution in [2.75, 3.05) is 13.7 Å². The average molecular weight is 720 g/mol. The lowest BCUT2D eigenvalue weighted by Crippen LogP contribution is -2.45. The molecule has 5 atom stereocenters. The summed E-state index contributed by atoms with van der Waals surface area (Å²) in [5, 5.41) is 11.3. The molecule has 0 radical (unpaired) electrons. The highest BCUT2D eigenvalue weighted by Crippen LogP contribution is 2.45. The second kappa shape index (κ2) is 17.2. The Balaban J connectivity index is 1.88. The Morgan fingerprint density at radius 2 is 1.76 bits per heavy atom. The largest absolute Gasteiger partial charge is 0.487 e. The summed E-state index contributed by atoms with van der Waals surface area (Å²) in [7, 11) is -0.717. The van der Waals surface area contributed by atoms with E-state index in [2.05, 4.69) is 61.9 Å². The lowest BCUT2D eigenvalue weighted by atomic mass is 9.88. The second-order valence-corrected chi connectivity index (χ2v) is 19.6. The van der Waals surface area contributed by atoms with Crippen molar-refractivity contribution in [3.05, 3.63) is 88.7 Å². The molecule has 0 aromatic heterocycles. The molecule has 2 aromatic carbocycles. The number of rotatable bonds is 16. The van der Waals surface area contributed by atoms with Crippen molar-refractivity contribution in [2.45, 2.75) is 102 Å². The molecule has 1 unspecified atom stereocenters. The second-order valence-electron chi connectivity index (χ2n) is 13.9. The van der Waals surface area contributed by atoms with Crippen LogP contribution in [0.2, 0.25) is 18.1 Å². The van der Waals surface area contributed by atoms with Gasteiger partial charge in [0.25, 0.3) is 0 Å². The normalized spacial score (nSPS) is 22.0. The Morgan fingerprint density at radius 3 is 2.43 bits per heavy atom. The Bertz CT molecular complexity index is 1320. The van der Waals surface area contributed by atoms with Crippen molar-refractivity contribution in [2.24, 2.45) is 11.8 Å². The highest BCUT2D eigenvalue weighted by atomic mass is 79.9. The van der Waals surface area contributed by atoms with Gasteiger partial charge in [0.2, 0.25) is 0 Å². The van der Waals surface area contributed by atoms with Gasteiger partial charge in [-0.15, -0.1) is 0 Å². The fraction of sp³-hybridized carbons (Fsp3) is 0.541. The van der Waals surface area contributed by atoms with Crippen LogP contribution in [-0.2, 0) is 25.3 Å². The third kappa shape index (κ3) is 11.4. The van der Waals surface area contributed by atoms with Gasteiger partial charge in [0.15, 0.2) is 19.9 Å². The topological polar surface area (TPSA) is 74.2 Å². The quantitative estimate of drug-likeness (QED) is 0.0808. The summed E-state index contributed by atoms with van der Waals surface area (Å²) in [6.45, 7) is 13.3. The smallest absolute Gasteiger partial charge is 0.305 e. The minimum Gasteiger partial charge on any atom is -0.487 e. The molecule has 1 saturated carbocycles. The lowest BCUT2D eigenvalue weighted by Gasteiger charge is -2.40. The number of allylic oxidation sites excluding steroid dienone is 2. The minimum atomic E-state index is -2.13. The fourth-order valence-corrected chi connectivity index (χ4v) is 7.11. The van der Waals surface area contributed by atoms with E-state index in [-0.39, 0.29) is 47.4 Å². The molecule has 46 heavy (non-hydrogen) atoms. The Kier molecular flexibility index (Phi) is 14.3. The Labute approximate surface area is 284 Å². The van der Waals surface area contributed by atoms with Crippen molar-refractivity contribution in [1.29, 1.82) is 0 Å². The molecule has 0 heterocycles. The molecule has 6 nitrogen and oxygen atoms in total. The molecule has 0 bridgehead atoms. The number of carbonyl (C=O) groups excluding carboxylic acids is 1. The lowest BCUT2D eigenvalue weighted by molar-refractivity contribution is -0.140. The predicted molar refractivity (Wildman–Crippen MR) is 188 cm³/mol. The van der Waals surface area contributed by atoms with Gasteiger partial charge in [0, 0.05) is 16.8 Å². The Hall–Kier alpha value is -2.30. The molecule has 0 amide bonds. The van der Waals surface area contributed by atoms with Gasteiger partial charge in [-0.05, 0) is 80.4 Å². The van der Waals surface area contributed by atoms with Crippen LogP contribution in [0.1, 0.15) is 65.4 Å². The molecule has 3 rings (SSSR count). The first-order chi connectivity index (χ1) is 21.6. The zero-order chi connectivity index (χ0) is 34.0. The zero-order valence-corrected chi connectivity index (χ0v) is 31.0. The van der Waals surface area contributed by atoms with E-state index in [4.69, 9.17) is 18.6 Å². The van der Waals surface area contributed by atoms with Crippen LogP contribution in [0.4, 0.5) is 4.39 Å². The molecule has 0 saturated heterocycles.